The Morgan fingerprint density at radius 3 is 2.28 bits per heavy atom. The number of ether oxygens (including phenoxy) is 1. The number of amides is 1. The van der Waals surface area contributed by atoms with Gasteiger partial charge >= 0.3 is 0 Å². The van der Waals surface area contributed by atoms with Crippen molar-refractivity contribution in [2.24, 2.45) is 5.92 Å². The highest BCUT2D eigenvalue weighted by Crippen LogP contribution is 2.43. The number of carbonyl (C=O) groups excluding carboxylic acids is 2. The minimum Gasteiger partial charge on any atom is -0.377 e. The van der Waals surface area contributed by atoms with Gasteiger partial charge in [0.2, 0.25) is 5.91 Å². The van der Waals surface area contributed by atoms with Gasteiger partial charge in [0.25, 0.3) is 0 Å². The maximum atomic E-state index is 13.6. The highest BCUT2D eigenvalue weighted by molar-refractivity contribution is 5.85. The van der Waals surface area contributed by atoms with E-state index in [1.165, 1.54) is 12.1 Å². The van der Waals surface area contributed by atoms with Crippen molar-refractivity contribution in [3.63, 3.8) is 0 Å². The highest BCUT2D eigenvalue weighted by atomic mass is 19.1. The van der Waals surface area contributed by atoms with Crippen LogP contribution in [0.25, 0.3) is 0 Å². The van der Waals surface area contributed by atoms with E-state index >= 15 is 0 Å². The third-order valence-electron chi connectivity index (χ3n) is 7.46. The molecule has 0 bridgehead atoms. The van der Waals surface area contributed by atoms with Gasteiger partial charge in [0.15, 0.2) is 0 Å². The van der Waals surface area contributed by atoms with Gasteiger partial charge in [-0.25, -0.2) is 4.39 Å². The third kappa shape index (κ3) is 3.86. The van der Waals surface area contributed by atoms with Crippen LogP contribution in [0.15, 0.2) is 54.6 Å². The monoisotopic (exact) mass is 436 g/mol. The largest absolute Gasteiger partial charge is 0.377 e. The van der Waals surface area contributed by atoms with Gasteiger partial charge in [-0.15, -0.1) is 0 Å². The van der Waals surface area contributed by atoms with E-state index in [4.69, 9.17) is 4.74 Å². The minimum atomic E-state index is -0.272. The molecule has 6 heteroatoms. The number of piperidine rings is 2. The molecule has 1 amide bonds. The van der Waals surface area contributed by atoms with E-state index in [0.29, 0.717) is 39.1 Å². The number of benzene rings is 2. The first-order valence-corrected chi connectivity index (χ1v) is 11.5. The van der Waals surface area contributed by atoms with Gasteiger partial charge in [-0.3, -0.25) is 14.5 Å². The fraction of sp³-hybridized carbons (Fsp3) is 0.462. The van der Waals surface area contributed by atoms with Crippen LogP contribution in [0.2, 0.25) is 0 Å². The predicted molar refractivity (Wildman–Crippen MR) is 119 cm³/mol. The van der Waals surface area contributed by atoms with E-state index < -0.39 is 0 Å². The number of hydrogen-bond acceptors (Lipinski definition) is 4. The summed E-state index contributed by atoms with van der Waals surface area (Å²) >= 11 is 0. The molecule has 3 aliphatic rings. The topological polar surface area (TPSA) is 49.9 Å². The van der Waals surface area contributed by atoms with Gasteiger partial charge < -0.3 is 9.64 Å². The van der Waals surface area contributed by atoms with E-state index in [1.54, 1.807) is 0 Å². The number of halogens is 1. The van der Waals surface area contributed by atoms with Crippen molar-refractivity contribution in [2.45, 2.75) is 30.7 Å². The number of nitrogens with zero attached hydrogens (tertiary/aromatic N) is 2. The molecule has 0 saturated carbocycles. The summed E-state index contributed by atoms with van der Waals surface area (Å²) in [4.78, 5) is 29.5. The van der Waals surface area contributed by atoms with Crippen LogP contribution in [0.3, 0.4) is 0 Å². The van der Waals surface area contributed by atoms with Crippen LogP contribution in [-0.4, -0.2) is 60.9 Å². The van der Waals surface area contributed by atoms with Gasteiger partial charge in [-0.1, -0.05) is 42.5 Å². The Balaban J connectivity index is 1.42. The fourth-order valence-corrected chi connectivity index (χ4v) is 5.47. The Morgan fingerprint density at radius 1 is 0.969 bits per heavy atom. The fourth-order valence-electron chi connectivity index (χ4n) is 5.47. The van der Waals surface area contributed by atoms with Gasteiger partial charge in [-0.05, 0) is 36.2 Å². The number of Topliss-reactive ketones (excluding diaryl/α,β-unsaturated/α-hetero) is 1. The zero-order valence-electron chi connectivity index (χ0n) is 18.2. The van der Waals surface area contributed by atoms with Gasteiger partial charge in [-0.2, -0.15) is 0 Å². The normalized spacial score (nSPS) is 25.9. The molecule has 0 unspecified atom stereocenters. The summed E-state index contributed by atoms with van der Waals surface area (Å²) in [5, 5.41) is 0. The maximum Gasteiger partial charge on any atom is 0.226 e. The highest BCUT2D eigenvalue weighted by Gasteiger charge is 2.49. The van der Waals surface area contributed by atoms with Crippen molar-refractivity contribution in [3.05, 3.63) is 71.5 Å². The molecule has 2 aromatic rings. The van der Waals surface area contributed by atoms with Crippen LogP contribution in [0, 0.1) is 11.7 Å². The lowest BCUT2D eigenvalue weighted by Gasteiger charge is -2.54. The Morgan fingerprint density at radius 2 is 1.66 bits per heavy atom. The van der Waals surface area contributed by atoms with Crippen LogP contribution in [-0.2, 0) is 19.9 Å². The van der Waals surface area contributed by atoms with Crippen molar-refractivity contribution in [1.29, 1.82) is 0 Å². The molecule has 0 aromatic heterocycles. The minimum absolute atomic E-state index is 0.0630. The first-order valence-electron chi connectivity index (χ1n) is 11.5. The van der Waals surface area contributed by atoms with Crippen LogP contribution in [0.5, 0.6) is 0 Å². The molecule has 0 radical (unpaired) electrons. The van der Waals surface area contributed by atoms with Crippen LogP contribution >= 0.6 is 0 Å². The summed E-state index contributed by atoms with van der Waals surface area (Å²) in [7, 11) is 0. The lowest BCUT2D eigenvalue weighted by atomic mass is 9.76. The molecule has 3 aliphatic heterocycles. The number of ketones is 1. The molecule has 168 valence electrons. The standard InChI is InChI=1S/C26H29FN2O3/c27-21-8-6-20(7-9-21)26(17-32-18-26)29-15-12-23(24(16-29)19-4-2-1-3-5-19)25(31)28-13-10-22(30)11-14-28/h1-9,23-24H,10-18H2/t23-,24+/m1/s1. The van der Waals surface area contributed by atoms with Crippen molar-refractivity contribution >= 4 is 11.7 Å². The molecule has 3 saturated heterocycles. The van der Waals surface area contributed by atoms with E-state index in [2.05, 4.69) is 17.0 Å². The number of likely N-dealkylation sites (tertiary alicyclic amines) is 2. The quantitative estimate of drug-likeness (QED) is 0.738. The SMILES string of the molecule is O=C1CCN(C(=O)[C@@H]2CCN(C3(c4ccc(F)cc4)COC3)C[C@H]2c2ccccc2)CC1. The zero-order valence-corrected chi connectivity index (χ0v) is 18.2. The summed E-state index contributed by atoms with van der Waals surface area (Å²) in [5.41, 5.74) is 1.96. The van der Waals surface area contributed by atoms with Crippen LogP contribution < -0.4 is 0 Å². The molecule has 5 rings (SSSR count). The van der Waals surface area contributed by atoms with Gasteiger partial charge in [0.05, 0.1) is 18.8 Å². The second-order valence-corrected chi connectivity index (χ2v) is 9.25. The lowest BCUT2D eigenvalue weighted by molar-refractivity contribution is -0.162. The third-order valence-corrected chi connectivity index (χ3v) is 7.46. The smallest absolute Gasteiger partial charge is 0.226 e. The first kappa shape index (κ1) is 21.3. The van der Waals surface area contributed by atoms with Crippen molar-refractivity contribution in [2.75, 3.05) is 39.4 Å². The molecule has 2 atom stereocenters. The first-order chi connectivity index (χ1) is 15.6. The van der Waals surface area contributed by atoms with Crippen molar-refractivity contribution in [1.82, 2.24) is 9.80 Å². The van der Waals surface area contributed by atoms with Gasteiger partial charge in [0.1, 0.15) is 11.6 Å². The molecule has 32 heavy (non-hydrogen) atoms. The summed E-state index contributed by atoms with van der Waals surface area (Å²) in [6.07, 6.45) is 1.68. The van der Waals surface area contributed by atoms with Crippen LogP contribution in [0.1, 0.15) is 36.3 Å². The Labute approximate surface area is 188 Å². The van der Waals surface area contributed by atoms with Crippen molar-refractivity contribution in [3.8, 4) is 0 Å². The molecular weight excluding hydrogens is 407 g/mol. The molecule has 0 aliphatic carbocycles. The van der Waals surface area contributed by atoms with Crippen molar-refractivity contribution < 1.29 is 18.7 Å². The molecule has 3 heterocycles. The second-order valence-electron chi connectivity index (χ2n) is 9.25. The molecule has 3 fully saturated rings. The second kappa shape index (κ2) is 8.75. The summed E-state index contributed by atoms with van der Waals surface area (Å²) < 4.78 is 19.2. The number of hydrogen-bond donors (Lipinski definition) is 0. The summed E-state index contributed by atoms with van der Waals surface area (Å²) in [5.74, 6) is 0.137. The van der Waals surface area contributed by atoms with E-state index in [-0.39, 0.29) is 34.9 Å². The average Bonchev–Trinajstić information content (AvgIpc) is 2.80. The van der Waals surface area contributed by atoms with E-state index in [1.807, 2.05) is 35.2 Å². The average molecular weight is 437 g/mol. The lowest BCUT2D eigenvalue weighted by Crippen LogP contribution is -2.63. The van der Waals surface area contributed by atoms with Gasteiger partial charge in [0, 0.05) is 44.3 Å². The number of carbonyl (C=O) groups is 2. The predicted octanol–water partition coefficient (Wildman–Crippen LogP) is 3.35. The summed E-state index contributed by atoms with van der Waals surface area (Å²) in [6.45, 7) is 3.75. The molecule has 2 aromatic carbocycles. The zero-order chi connectivity index (χ0) is 22.1. The Hall–Kier alpha value is -2.57. The molecular formula is C26H29FN2O3. The molecule has 0 spiro atoms. The molecule has 0 N–H and O–H groups in total. The Kier molecular flexibility index (Phi) is 5.82. The Bertz CT molecular complexity index is 964. The maximum absolute atomic E-state index is 13.6. The molecule has 5 nitrogen and oxygen atoms in total. The van der Waals surface area contributed by atoms with E-state index in [9.17, 15) is 14.0 Å². The number of rotatable bonds is 4. The van der Waals surface area contributed by atoms with Crippen LogP contribution in [0.4, 0.5) is 4.39 Å². The summed E-state index contributed by atoms with van der Waals surface area (Å²) in [6, 6.07) is 17.0. The van der Waals surface area contributed by atoms with E-state index in [0.717, 1.165) is 30.6 Å².